The lowest BCUT2D eigenvalue weighted by molar-refractivity contribution is -0.122. The Labute approximate surface area is 237 Å². The number of rotatable bonds is 7. The van der Waals surface area contributed by atoms with E-state index in [-0.39, 0.29) is 34.2 Å². The van der Waals surface area contributed by atoms with E-state index in [1.54, 1.807) is 5.57 Å². The highest BCUT2D eigenvalue weighted by atomic mass is 16.5. The summed E-state index contributed by atoms with van der Waals surface area (Å²) in [5, 5.41) is 0. The van der Waals surface area contributed by atoms with Gasteiger partial charge in [0.25, 0.3) is 0 Å². The van der Waals surface area contributed by atoms with Gasteiger partial charge >= 0.3 is 5.97 Å². The van der Waals surface area contributed by atoms with Gasteiger partial charge in [0.15, 0.2) is 0 Å². The predicted molar refractivity (Wildman–Crippen MR) is 158 cm³/mol. The molecule has 0 bridgehead atoms. The lowest BCUT2D eigenvalue weighted by Gasteiger charge is -2.60. The first-order chi connectivity index (χ1) is 18.4. The largest absolute Gasteiger partial charge is 0.458 e. The van der Waals surface area contributed by atoms with E-state index >= 15 is 0 Å². The van der Waals surface area contributed by atoms with E-state index in [2.05, 4.69) is 48.5 Å². The quantitative estimate of drug-likeness (QED) is 0.260. The summed E-state index contributed by atoms with van der Waals surface area (Å²) >= 11 is 0. The Bertz CT molecular complexity index is 1110. The highest BCUT2D eigenvalue weighted by Gasteiger charge is 2.61. The minimum Gasteiger partial charge on any atom is -0.458 e. The zero-order valence-electron chi connectivity index (χ0n) is 25.6. The Morgan fingerprint density at radius 1 is 0.974 bits per heavy atom. The predicted octanol–water partition coefficient (Wildman–Crippen LogP) is 9.21. The molecule has 0 aromatic heterocycles. The molecule has 2 fully saturated rings. The minimum absolute atomic E-state index is 0.0801. The fourth-order valence-corrected chi connectivity index (χ4v) is 10.0. The zero-order chi connectivity index (χ0) is 28.2. The van der Waals surface area contributed by atoms with Crippen molar-refractivity contribution in [1.82, 2.24) is 0 Å². The SMILES string of the molecule is CC(C)CCC[C@@H](C)[C@H]1CC(=O)[C@@H]2C3=C(CC[C@@]21C)[C@@]1(C)CC[C@H](OC(=O)c2ccccc2)C(C)(C)[C@@H]1CC3. The van der Waals surface area contributed by atoms with Gasteiger partial charge in [0.2, 0.25) is 0 Å². The minimum atomic E-state index is -0.202. The maximum absolute atomic E-state index is 13.8. The Kier molecular flexibility index (Phi) is 7.70. The standard InChI is InChI=1S/C36H52O3/c1-23(2)12-11-13-24(3)28-22-29(37)32-26-16-17-30-34(4,5)31(39-33(38)25-14-9-8-10-15-25)19-21-35(30,6)27(26)18-20-36(28,32)7/h8-10,14-15,23-24,28,30-32H,11-13,16-22H2,1-7H3/t24-,28-,30+,31+,32+,35-,36-/m1/s1. The second kappa shape index (κ2) is 10.5. The highest BCUT2D eigenvalue weighted by molar-refractivity contribution is 5.89. The molecule has 0 amide bonds. The van der Waals surface area contributed by atoms with E-state index in [4.69, 9.17) is 4.74 Å². The van der Waals surface area contributed by atoms with Crippen LogP contribution in [-0.4, -0.2) is 17.9 Å². The van der Waals surface area contributed by atoms with Crippen molar-refractivity contribution in [2.24, 2.45) is 45.8 Å². The monoisotopic (exact) mass is 532 g/mol. The summed E-state index contributed by atoms with van der Waals surface area (Å²) in [6.45, 7) is 16.7. The second-order valence-electron chi connectivity index (χ2n) is 15.2. The number of allylic oxidation sites excluding steroid dienone is 2. The van der Waals surface area contributed by atoms with E-state index in [9.17, 15) is 9.59 Å². The normalized spacial score (nSPS) is 36.3. The Morgan fingerprint density at radius 2 is 1.69 bits per heavy atom. The first kappa shape index (κ1) is 28.6. The van der Waals surface area contributed by atoms with Gasteiger partial charge in [-0.05, 0) is 85.2 Å². The van der Waals surface area contributed by atoms with E-state index in [0.29, 0.717) is 29.1 Å². The summed E-state index contributed by atoms with van der Waals surface area (Å²) in [5.74, 6) is 2.80. The summed E-state index contributed by atoms with van der Waals surface area (Å²) in [7, 11) is 0. The van der Waals surface area contributed by atoms with E-state index in [1.165, 1.54) is 24.8 Å². The number of esters is 1. The third-order valence-corrected chi connectivity index (χ3v) is 12.1. The number of hydrogen-bond acceptors (Lipinski definition) is 3. The average Bonchev–Trinajstić information content (AvgIpc) is 3.16. The molecule has 7 atom stereocenters. The summed E-state index contributed by atoms with van der Waals surface area (Å²) in [6.07, 6.45) is 10.9. The van der Waals surface area contributed by atoms with Gasteiger partial charge in [-0.1, -0.05) is 97.1 Å². The molecule has 0 saturated heterocycles. The molecule has 5 rings (SSSR count). The molecule has 3 nitrogen and oxygen atoms in total. The van der Waals surface area contributed by atoms with E-state index in [1.807, 2.05) is 30.3 Å². The number of fused-ring (bicyclic) bond motifs is 4. The van der Waals surface area contributed by atoms with Gasteiger partial charge < -0.3 is 4.74 Å². The third kappa shape index (κ3) is 4.84. The van der Waals surface area contributed by atoms with Crippen LogP contribution in [0.25, 0.3) is 0 Å². The maximum Gasteiger partial charge on any atom is 0.338 e. The molecule has 2 saturated carbocycles. The van der Waals surface area contributed by atoms with Crippen LogP contribution in [0.15, 0.2) is 41.5 Å². The van der Waals surface area contributed by atoms with Crippen LogP contribution in [0.1, 0.15) is 123 Å². The van der Waals surface area contributed by atoms with Crippen molar-refractivity contribution >= 4 is 11.8 Å². The van der Waals surface area contributed by atoms with E-state index in [0.717, 1.165) is 50.9 Å². The molecule has 0 N–H and O–H groups in total. The molecule has 0 heterocycles. The van der Waals surface area contributed by atoms with Crippen LogP contribution in [0.2, 0.25) is 0 Å². The summed E-state index contributed by atoms with van der Waals surface area (Å²) in [4.78, 5) is 26.8. The second-order valence-corrected chi connectivity index (χ2v) is 15.2. The molecule has 0 radical (unpaired) electrons. The van der Waals surface area contributed by atoms with Gasteiger partial charge in [0.05, 0.1) is 5.56 Å². The van der Waals surface area contributed by atoms with Crippen LogP contribution in [0.3, 0.4) is 0 Å². The van der Waals surface area contributed by atoms with Crippen molar-refractivity contribution in [2.45, 2.75) is 119 Å². The Morgan fingerprint density at radius 3 is 2.38 bits per heavy atom. The lowest BCUT2D eigenvalue weighted by Crippen LogP contribution is -2.54. The molecule has 214 valence electrons. The van der Waals surface area contributed by atoms with Crippen LogP contribution in [0, 0.1) is 45.8 Å². The van der Waals surface area contributed by atoms with Crippen LogP contribution < -0.4 is 0 Å². The van der Waals surface area contributed by atoms with Gasteiger partial charge in [-0.2, -0.15) is 0 Å². The zero-order valence-corrected chi connectivity index (χ0v) is 25.6. The van der Waals surface area contributed by atoms with Gasteiger partial charge in [0.1, 0.15) is 11.9 Å². The number of carbonyl (C=O) groups is 2. The molecule has 4 aliphatic carbocycles. The highest BCUT2D eigenvalue weighted by Crippen LogP contribution is 2.67. The summed E-state index contributed by atoms with van der Waals surface area (Å²) < 4.78 is 6.20. The van der Waals surface area contributed by atoms with Crippen molar-refractivity contribution in [3.8, 4) is 0 Å². The van der Waals surface area contributed by atoms with Crippen LogP contribution in [0.4, 0.5) is 0 Å². The molecule has 4 aliphatic rings. The number of ether oxygens (including phenoxy) is 1. The van der Waals surface area contributed by atoms with Crippen molar-refractivity contribution in [3.63, 3.8) is 0 Å². The first-order valence-electron chi connectivity index (χ1n) is 15.9. The molecule has 3 heteroatoms. The fraction of sp³-hybridized carbons (Fsp3) is 0.722. The van der Waals surface area contributed by atoms with Crippen molar-refractivity contribution in [2.75, 3.05) is 0 Å². The summed E-state index contributed by atoms with van der Waals surface area (Å²) in [6, 6.07) is 9.41. The van der Waals surface area contributed by atoms with Gasteiger partial charge in [-0.3, -0.25) is 4.79 Å². The Balaban J connectivity index is 1.37. The molecular weight excluding hydrogens is 480 g/mol. The molecule has 0 spiro atoms. The first-order valence-corrected chi connectivity index (χ1v) is 15.9. The van der Waals surface area contributed by atoms with Gasteiger partial charge in [0, 0.05) is 17.8 Å². The van der Waals surface area contributed by atoms with Crippen LogP contribution in [-0.2, 0) is 9.53 Å². The van der Waals surface area contributed by atoms with Crippen LogP contribution >= 0.6 is 0 Å². The smallest absolute Gasteiger partial charge is 0.338 e. The number of carbonyl (C=O) groups excluding carboxylic acids is 2. The van der Waals surface area contributed by atoms with E-state index < -0.39 is 0 Å². The number of hydrogen-bond donors (Lipinski definition) is 0. The van der Waals surface area contributed by atoms with Crippen molar-refractivity contribution < 1.29 is 14.3 Å². The summed E-state index contributed by atoms with van der Waals surface area (Å²) in [5.41, 5.74) is 3.88. The molecule has 0 aliphatic heterocycles. The molecule has 1 aromatic rings. The topological polar surface area (TPSA) is 43.4 Å². The van der Waals surface area contributed by atoms with Gasteiger partial charge in [-0.25, -0.2) is 4.79 Å². The maximum atomic E-state index is 13.8. The number of ketones is 1. The van der Waals surface area contributed by atoms with Crippen LogP contribution in [0.5, 0.6) is 0 Å². The molecular formula is C36H52O3. The lowest BCUT2D eigenvalue weighted by atomic mass is 9.45. The average molecular weight is 533 g/mol. The van der Waals surface area contributed by atoms with Crippen molar-refractivity contribution in [3.05, 3.63) is 47.0 Å². The number of benzene rings is 1. The fourth-order valence-electron chi connectivity index (χ4n) is 10.0. The molecule has 0 unspecified atom stereocenters. The molecule has 39 heavy (non-hydrogen) atoms. The number of Topliss-reactive ketones (excluding diaryl/α,β-unsaturated/α-hetero) is 1. The third-order valence-electron chi connectivity index (χ3n) is 12.1. The van der Waals surface area contributed by atoms with Gasteiger partial charge in [-0.15, -0.1) is 0 Å². The Hall–Kier alpha value is -1.90. The molecule has 1 aromatic carbocycles. The van der Waals surface area contributed by atoms with Crippen molar-refractivity contribution in [1.29, 1.82) is 0 Å².